The fourth-order valence-electron chi connectivity index (χ4n) is 3.70. The number of carbonyl (C=O) groups excluding carboxylic acids is 1. The highest BCUT2D eigenvalue weighted by Gasteiger charge is 2.34. The zero-order chi connectivity index (χ0) is 17.4. The number of ether oxygens (including phenoxy) is 1. The van der Waals surface area contributed by atoms with Crippen LogP contribution >= 0.6 is 0 Å². The number of hydrogen-bond acceptors (Lipinski definition) is 4. The second-order valence-corrected chi connectivity index (χ2v) is 7.06. The molecule has 0 radical (unpaired) electrons. The molecule has 0 bridgehead atoms. The van der Waals surface area contributed by atoms with E-state index in [2.05, 4.69) is 27.2 Å². The van der Waals surface area contributed by atoms with E-state index in [0.29, 0.717) is 24.8 Å². The summed E-state index contributed by atoms with van der Waals surface area (Å²) in [4.78, 5) is 22.2. The van der Waals surface area contributed by atoms with Gasteiger partial charge < -0.3 is 19.6 Å². The number of aromatic amines is 1. The van der Waals surface area contributed by atoms with Gasteiger partial charge in [-0.3, -0.25) is 9.69 Å². The van der Waals surface area contributed by atoms with Crippen LogP contribution in [0.25, 0.3) is 0 Å². The molecule has 7 heteroatoms. The summed E-state index contributed by atoms with van der Waals surface area (Å²) >= 11 is 0. The molecule has 2 aliphatic rings. The van der Waals surface area contributed by atoms with Gasteiger partial charge in [-0.1, -0.05) is 0 Å². The molecule has 2 aromatic rings. The molecule has 2 N–H and O–H groups in total. The summed E-state index contributed by atoms with van der Waals surface area (Å²) in [6.45, 7) is 2.01. The second-order valence-electron chi connectivity index (χ2n) is 7.06. The number of likely N-dealkylation sites (N-methyl/N-ethyl adjacent to an activating group) is 1. The van der Waals surface area contributed by atoms with Gasteiger partial charge in [0, 0.05) is 32.5 Å². The van der Waals surface area contributed by atoms with Crippen LogP contribution in [-0.4, -0.2) is 58.2 Å². The molecule has 4 rings (SSSR count). The molecule has 0 spiro atoms. The lowest BCUT2D eigenvalue weighted by molar-refractivity contribution is -0.0626. The molecular weight excluding hydrogens is 318 g/mol. The smallest absolute Gasteiger partial charge is 0.268 e. The molecule has 3 heterocycles. The topological polar surface area (TPSA) is 75.2 Å². The van der Waals surface area contributed by atoms with Gasteiger partial charge in [0.05, 0.1) is 30.8 Å². The van der Waals surface area contributed by atoms with Gasteiger partial charge >= 0.3 is 0 Å². The van der Waals surface area contributed by atoms with E-state index in [1.807, 2.05) is 30.1 Å². The average molecular weight is 343 g/mol. The van der Waals surface area contributed by atoms with E-state index in [4.69, 9.17) is 4.74 Å². The molecule has 7 nitrogen and oxygen atoms in total. The lowest BCUT2D eigenvalue weighted by atomic mass is 10.0. The third-order valence-electron chi connectivity index (χ3n) is 5.25. The number of H-pyrrole nitrogens is 1. The minimum atomic E-state index is -0.0996. The van der Waals surface area contributed by atoms with Crippen LogP contribution in [0, 0.1) is 0 Å². The van der Waals surface area contributed by atoms with Crippen LogP contribution in [-0.2, 0) is 11.8 Å². The summed E-state index contributed by atoms with van der Waals surface area (Å²) in [7, 11) is 4.08. The largest absolute Gasteiger partial charge is 0.373 e. The van der Waals surface area contributed by atoms with Gasteiger partial charge in [0.2, 0.25) is 0 Å². The monoisotopic (exact) mass is 343 g/mol. The molecule has 2 aromatic heterocycles. The van der Waals surface area contributed by atoms with Crippen LogP contribution in [0.5, 0.6) is 0 Å². The van der Waals surface area contributed by atoms with Crippen molar-refractivity contribution in [3.05, 3.63) is 41.7 Å². The molecule has 1 saturated heterocycles. The highest BCUT2D eigenvalue weighted by Crippen LogP contribution is 2.41. The number of hydrogen-bond donors (Lipinski definition) is 2. The van der Waals surface area contributed by atoms with Crippen LogP contribution in [0.3, 0.4) is 0 Å². The van der Waals surface area contributed by atoms with E-state index in [0.717, 1.165) is 17.8 Å². The summed E-state index contributed by atoms with van der Waals surface area (Å²) in [6.07, 6.45) is 7.78. The molecule has 2 fully saturated rings. The minimum Gasteiger partial charge on any atom is -0.373 e. The maximum Gasteiger partial charge on any atom is 0.268 e. The zero-order valence-electron chi connectivity index (χ0n) is 14.7. The van der Waals surface area contributed by atoms with Crippen molar-refractivity contribution in [3.8, 4) is 0 Å². The molecule has 1 amide bonds. The highest BCUT2D eigenvalue weighted by molar-refractivity contribution is 5.94. The molecule has 1 aliphatic carbocycles. The number of carbonyl (C=O) groups is 1. The fourth-order valence-corrected chi connectivity index (χ4v) is 3.70. The summed E-state index contributed by atoms with van der Waals surface area (Å²) in [5.74, 6) is 0.499. The third-order valence-corrected chi connectivity index (χ3v) is 5.25. The summed E-state index contributed by atoms with van der Waals surface area (Å²) in [5, 5.41) is 3.06. The molecule has 25 heavy (non-hydrogen) atoms. The maximum absolute atomic E-state index is 12.6. The second kappa shape index (κ2) is 6.65. The number of amides is 1. The van der Waals surface area contributed by atoms with Crippen LogP contribution in [0.15, 0.2) is 24.8 Å². The predicted molar refractivity (Wildman–Crippen MR) is 93.4 cm³/mol. The van der Waals surface area contributed by atoms with Gasteiger partial charge in [-0.2, -0.15) is 0 Å². The van der Waals surface area contributed by atoms with Crippen molar-refractivity contribution in [2.45, 2.75) is 30.9 Å². The summed E-state index contributed by atoms with van der Waals surface area (Å²) in [6, 6.07) is 2.10. The van der Waals surface area contributed by atoms with E-state index in [1.54, 1.807) is 6.33 Å². The van der Waals surface area contributed by atoms with E-state index < -0.39 is 0 Å². The minimum absolute atomic E-state index is 0.0486. The first kappa shape index (κ1) is 16.4. The van der Waals surface area contributed by atoms with Crippen molar-refractivity contribution in [3.63, 3.8) is 0 Å². The lowest BCUT2D eigenvalue weighted by Gasteiger charge is -2.39. The Morgan fingerprint density at radius 2 is 2.28 bits per heavy atom. The van der Waals surface area contributed by atoms with Crippen molar-refractivity contribution in [1.82, 2.24) is 24.8 Å². The Kier molecular flexibility index (Phi) is 4.35. The van der Waals surface area contributed by atoms with Crippen molar-refractivity contribution >= 4 is 5.91 Å². The number of imidazole rings is 1. The normalized spacial score (nSPS) is 24.4. The molecule has 0 unspecified atom stereocenters. The molecule has 134 valence electrons. The average Bonchev–Trinajstić information content (AvgIpc) is 3.17. The Morgan fingerprint density at radius 3 is 3.00 bits per heavy atom. The van der Waals surface area contributed by atoms with Crippen molar-refractivity contribution in [2.75, 3.05) is 26.7 Å². The van der Waals surface area contributed by atoms with E-state index >= 15 is 0 Å². The molecule has 2 atom stereocenters. The number of nitrogens with one attached hydrogen (secondary N) is 2. The Bertz CT molecular complexity index is 748. The Labute approximate surface area is 147 Å². The van der Waals surface area contributed by atoms with E-state index in [1.165, 1.54) is 12.8 Å². The van der Waals surface area contributed by atoms with E-state index in [9.17, 15) is 4.79 Å². The third kappa shape index (κ3) is 3.21. The van der Waals surface area contributed by atoms with Crippen molar-refractivity contribution in [1.29, 1.82) is 0 Å². The Hall–Kier alpha value is -2.12. The fraction of sp³-hybridized carbons (Fsp3) is 0.556. The zero-order valence-corrected chi connectivity index (χ0v) is 14.7. The van der Waals surface area contributed by atoms with Crippen LogP contribution in [0.1, 0.15) is 46.5 Å². The first-order valence-corrected chi connectivity index (χ1v) is 8.88. The number of morpholine rings is 1. The molecule has 0 aromatic carbocycles. The SMILES string of the molecule is CN1CCO[C@@H](CNC(=O)c2[nH]ccc2C2CC2)[C@@H]1c1cncn1C. The van der Waals surface area contributed by atoms with Gasteiger partial charge in [0.15, 0.2) is 0 Å². The predicted octanol–water partition coefficient (Wildman–Crippen LogP) is 1.43. The molecule has 1 aliphatic heterocycles. The van der Waals surface area contributed by atoms with Gasteiger partial charge in [0.1, 0.15) is 5.69 Å². The van der Waals surface area contributed by atoms with Crippen molar-refractivity contribution in [2.24, 2.45) is 7.05 Å². The van der Waals surface area contributed by atoms with Gasteiger partial charge in [-0.15, -0.1) is 0 Å². The lowest BCUT2D eigenvalue weighted by Crippen LogP contribution is -2.48. The maximum atomic E-state index is 12.6. The number of aryl methyl sites for hydroxylation is 1. The molecular formula is C18H25N5O2. The molecule has 1 saturated carbocycles. The summed E-state index contributed by atoms with van der Waals surface area (Å²) in [5.41, 5.74) is 2.94. The number of nitrogens with zero attached hydrogens (tertiary/aromatic N) is 3. The van der Waals surface area contributed by atoms with Crippen LogP contribution in [0.4, 0.5) is 0 Å². The summed E-state index contributed by atoms with van der Waals surface area (Å²) < 4.78 is 8.00. The van der Waals surface area contributed by atoms with Gasteiger partial charge in [0.25, 0.3) is 5.91 Å². The van der Waals surface area contributed by atoms with Crippen LogP contribution in [0.2, 0.25) is 0 Å². The first-order valence-electron chi connectivity index (χ1n) is 8.88. The van der Waals surface area contributed by atoms with Gasteiger partial charge in [-0.25, -0.2) is 4.98 Å². The van der Waals surface area contributed by atoms with Crippen LogP contribution < -0.4 is 5.32 Å². The Morgan fingerprint density at radius 1 is 1.44 bits per heavy atom. The number of aromatic nitrogens is 3. The highest BCUT2D eigenvalue weighted by atomic mass is 16.5. The quantitative estimate of drug-likeness (QED) is 0.861. The number of rotatable bonds is 5. The standard InChI is InChI=1S/C18H25N5O2/c1-22-7-8-25-15(17(22)14-9-19-11-23(14)2)10-21-18(24)16-13(5-6-20-16)12-3-4-12/h5-6,9,11-12,15,17,20H,3-4,7-8,10H2,1-2H3,(H,21,24)/t15-,17-/m0/s1. The van der Waals surface area contributed by atoms with Gasteiger partial charge in [-0.05, 0) is 37.4 Å². The van der Waals surface area contributed by atoms with Crippen molar-refractivity contribution < 1.29 is 9.53 Å². The Balaban J connectivity index is 1.46. The first-order chi connectivity index (χ1) is 12.1. The van der Waals surface area contributed by atoms with E-state index in [-0.39, 0.29) is 18.1 Å².